The Morgan fingerprint density at radius 3 is 2.62 bits per heavy atom. The van der Waals surface area contributed by atoms with Gasteiger partial charge in [0, 0.05) is 5.56 Å². The van der Waals surface area contributed by atoms with E-state index in [0.717, 1.165) is 29.9 Å². The predicted molar refractivity (Wildman–Crippen MR) is 81.2 cm³/mol. The Hall–Kier alpha value is -2.20. The minimum absolute atomic E-state index is 0.297. The maximum absolute atomic E-state index is 10.9. The largest absolute Gasteiger partial charge is 0.478 e. The summed E-state index contributed by atoms with van der Waals surface area (Å²) in [5.41, 5.74) is 3.23. The minimum Gasteiger partial charge on any atom is -0.478 e. The molecule has 2 heterocycles. The van der Waals surface area contributed by atoms with Crippen molar-refractivity contribution < 1.29 is 9.90 Å². The van der Waals surface area contributed by atoms with E-state index in [-0.39, 0.29) is 0 Å². The van der Waals surface area contributed by atoms with Crippen LogP contribution in [-0.2, 0) is 0 Å². The van der Waals surface area contributed by atoms with Crippen molar-refractivity contribution in [3.05, 3.63) is 53.7 Å². The van der Waals surface area contributed by atoms with Crippen LogP contribution in [-0.4, -0.2) is 34.6 Å². The zero-order valence-corrected chi connectivity index (χ0v) is 12.0. The molecule has 1 N–H and O–H groups in total. The highest BCUT2D eigenvalue weighted by atomic mass is 16.4. The van der Waals surface area contributed by atoms with Gasteiger partial charge in [0.1, 0.15) is 0 Å². The number of aromatic carboxylic acids is 1. The van der Waals surface area contributed by atoms with Crippen LogP contribution in [0.2, 0.25) is 0 Å². The molecule has 0 aliphatic carbocycles. The lowest BCUT2D eigenvalue weighted by atomic mass is 10.1. The fourth-order valence-electron chi connectivity index (χ4n) is 2.87. The van der Waals surface area contributed by atoms with Crippen LogP contribution in [0, 0.1) is 0 Å². The number of rotatable bonds is 3. The van der Waals surface area contributed by atoms with Gasteiger partial charge in [-0.1, -0.05) is 18.2 Å². The summed E-state index contributed by atoms with van der Waals surface area (Å²) in [6.45, 7) is 1.11. The van der Waals surface area contributed by atoms with Gasteiger partial charge >= 0.3 is 5.97 Å². The fraction of sp³-hybridized carbons (Fsp3) is 0.294. The number of nitrogens with zero attached hydrogens (tertiary/aromatic N) is 2. The van der Waals surface area contributed by atoms with Crippen molar-refractivity contribution in [2.24, 2.45) is 0 Å². The van der Waals surface area contributed by atoms with Crippen LogP contribution in [0.1, 0.15) is 34.9 Å². The standard InChI is InChI=1S/C17H18N2O2/c1-19-11-3-6-16(19)15-5-2-4-14(18-15)12-7-9-13(10-8-12)17(20)21/h2,4-5,7-10,16H,3,6,11H2,1H3,(H,20,21)/t16-/m1/s1. The quantitative estimate of drug-likeness (QED) is 0.939. The first-order valence-electron chi connectivity index (χ1n) is 7.16. The van der Waals surface area contributed by atoms with Crippen LogP contribution in [0.5, 0.6) is 0 Å². The molecular weight excluding hydrogens is 264 g/mol. The molecule has 4 nitrogen and oxygen atoms in total. The third-order valence-electron chi connectivity index (χ3n) is 4.06. The van der Waals surface area contributed by atoms with Crippen LogP contribution in [0.15, 0.2) is 42.5 Å². The number of pyridine rings is 1. The highest BCUT2D eigenvalue weighted by Gasteiger charge is 2.23. The molecule has 0 amide bonds. The second kappa shape index (κ2) is 5.66. The molecule has 108 valence electrons. The Balaban J connectivity index is 1.90. The van der Waals surface area contributed by atoms with Crippen LogP contribution >= 0.6 is 0 Å². The first-order valence-corrected chi connectivity index (χ1v) is 7.16. The van der Waals surface area contributed by atoms with E-state index in [2.05, 4.69) is 18.0 Å². The number of hydrogen-bond donors (Lipinski definition) is 1. The predicted octanol–water partition coefficient (Wildman–Crippen LogP) is 3.21. The lowest BCUT2D eigenvalue weighted by molar-refractivity contribution is 0.0697. The fourth-order valence-corrected chi connectivity index (χ4v) is 2.87. The number of aromatic nitrogens is 1. The molecular formula is C17H18N2O2. The Kier molecular flexibility index (Phi) is 3.71. The van der Waals surface area contributed by atoms with Crippen LogP contribution in [0.4, 0.5) is 0 Å². The molecule has 1 aliphatic rings. The lowest BCUT2D eigenvalue weighted by Gasteiger charge is -2.19. The van der Waals surface area contributed by atoms with Gasteiger partial charge in [0.2, 0.25) is 0 Å². The number of hydrogen-bond acceptors (Lipinski definition) is 3. The maximum Gasteiger partial charge on any atom is 0.335 e. The maximum atomic E-state index is 10.9. The van der Waals surface area contributed by atoms with Crippen molar-refractivity contribution in [2.75, 3.05) is 13.6 Å². The molecule has 1 atom stereocenters. The SMILES string of the molecule is CN1CCC[C@@H]1c1cccc(-c2ccc(C(=O)O)cc2)n1. The van der Waals surface area contributed by atoms with Crippen molar-refractivity contribution in [3.8, 4) is 11.3 Å². The molecule has 21 heavy (non-hydrogen) atoms. The summed E-state index contributed by atoms with van der Waals surface area (Å²) >= 11 is 0. The molecule has 0 radical (unpaired) electrons. The van der Waals surface area contributed by atoms with Gasteiger partial charge in [-0.05, 0) is 50.7 Å². The summed E-state index contributed by atoms with van der Waals surface area (Å²) in [5, 5.41) is 8.94. The van der Waals surface area contributed by atoms with Gasteiger partial charge in [0.05, 0.1) is 23.0 Å². The van der Waals surface area contributed by atoms with Crippen molar-refractivity contribution >= 4 is 5.97 Å². The monoisotopic (exact) mass is 282 g/mol. The molecule has 2 aromatic rings. The van der Waals surface area contributed by atoms with Gasteiger partial charge in [-0.15, -0.1) is 0 Å². The van der Waals surface area contributed by atoms with E-state index in [4.69, 9.17) is 10.1 Å². The van der Waals surface area contributed by atoms with Crippen LogP contribution < -0.4 is 0 Å². The van der Waals surface area contributed by atoms with E-state index >= 15 is 0 Å². The molecule has 4 heteroatoms. The third-order valence-corrected chi connectivity index (χ3v) is 4.06. The zero-order valence-electron chi connectivity index (χ0n) is 12.0. The van der Waals surface area contributed by atoms with Gasteiger partial charge in [-0.2, -0.15) is 0 Å². The molecule has 1 aliphatic heterocycles. The van der Waals surface area contributed by atoms with Crippen molar-refractivity contribution in [1.82, 2.24) is 9.88 Å². The molecule has 0 unspecified atom stereocenters. The third kappa shape index (κ3) is 2.81. The van der Waals surface area contributed by atoms with E-state index < -0.39 is 5.97 Å². The highest BCUT2D eigenvalue weighted by molar-refractivity contribution is 5.88. The molecule has 1 aromatic heterocycles. The normalized spacial score (nSPS) is 18.8. The summed E-state index contributed by atoms with van der Waals surface area (Å²) < 4.78 is 0. The van der Waals surface area contributed by atoms with Gasteiger partial charge in [-0.3, -0.25) is 9.88 Å². The van der Waals surface area contributed by atoms with Gasteiger partial charge in [0.25, 0.3) is 0 Å². The summed E-state index contributed by atoms with van der Waals surface area (Å²) in [4.78, 5) is 18.0. The number of carboxylic acid groups (broad SMARTS) is 1. The van der Waals surface area contributed by atoms with E-state index in [1.165, 1.54) is 6.42 Å². The lowest BCUT2D eigenvalue weighted by Crippen LogP contribution is -2.18. The Morgan fingerprint density at radius 1 is 1.24 bits per heavy atom. The summed E-state index contributed by atoms with van der Waals surface area (Å²) in [5.74, 6) is -0.907. The van der Waals surface area contributed by atoms with Crippen molar-refractivity contribution in [1.29, 1.82) is 0 Å². The van der Waals surface area contributed by atoms with Crippen LogP contribution in [0.3, 0.4) is 0 Å². The molecule has 0 saturated carbocycles. The summed E-state index contributed by atoms with van der Waals surface area (Å²) in [6, 6.07) is 13.3. The Morgan fingerprint density at radius 2 is 2.00 bits per heavy atom. The molecule has 0 bridgehead atoms. The van der Waals surface area contributed by atoms with Crippen molar-refractivity contribution in [3.63, 3.8) is 0 Å². The molecule has 1 aromatic carbocycles. The Bertz CT molecular complexity index is 652. The first kappa shape index (κ1) is 13.8. The van der Waals surface area contributed by atoms with Gasteiger partial charge in [-0.25, -0.2) is 4.79 Å². The summed E-state index contributed by atoms with van der Waals surface area (Å²) in [7, 11) is 2.13. The summed E-state index contributed by atoms with van der Waals surface area (Å²) in [6.07, 6.45) is 2.35. The number of likely N-dealkylation sites (tertiary alicyclic amines) is 1. The highest BCUT2D eigenvalue weighted by Crippen LogP contribution is 2.30. The first-order chi connectivity index (χ1) is 10.1. The minimum atomic E-state index is -0.907. The number of carbonyl (C=O) groups is 1. The van der Waals surface area contributed by atoms with Crippen LogP contribution in [0.25, 0.3) is 11.3 Å². The van der Waals surface area contributed by atoms with Crippen molar-refractivity contribution in [2.45, 2.75) is 18.9 Å². The Labute approximate surface area is 124 Å². The second-order valence-corrected chi connectivity index (χ2v) is 5.47. The molecule has 0 spiro atoms. The van der Waals surface area contributed by atoms with E-state index in [0.29, 0.717) is 11.6 Å². The van der Waals surface area contributed by atoms with E-state index in [1.807, 2.05) is 24.3 Å². The zero-order chi connectivity index (χ0) is 14.8. The average molecular weight is 282 g/mol. The molecule has 3 rings (SSSR count). The topological polar surface area (TPSA) is 53.4 Å². The number of carboxylic acids is 1. The molecule has 1 fully saturated rings. The molecule has 1 saturated heterocycles. The smallest absolute Gasteiger partial charge is 0.335 e. The number of benzene rings is 1. The second-order valence-electron chi connectivity index (χ2n) is 5.47. The van der Waals surface area contributed by atoms with E-state index in [9.17, 15) is 4.79 Å². The van der Waals surface area contributed by atoms with Gasteiger partial charge in [0.15, 0.2) is 0 Å². The van der Waals surface area contributed by atoms with Gasteiger partial charge < -0.3 is 5.11 Å². The average Bonchev–Trinajstić information content (AvgIpc) is 2.94. The van der Waals surface area contributed by atoms with E-state index in [1.54, 1.807) is 12.1 Å².